The lowest BCUT2D eigenvalue weighted by Gasteiger charge is -2.30. The number of sulfonamides is 1. The maximum atomic E-state index is 13.4. The smallest absolute Gasteiger partial charge is 0.207 e. The number of fused-ring (bicyclic) bond motifs is 3. The summed E-state index contributed by atoms with van der Waals surface area (Å²) in [6, 6.07) is 13.4. The van der Waals surface area contributed by atoms with Crippen LogP contribution in [0.4, 0.5) is 0 Å². The molecule has 0 aliphatic carbocycles. The van der Waals surface area contributed by atoms with E-state index in [9.17, 15) is 8.42 Å². The molecule has 7 nitrogen and oxygen atoms in total. The number of nitrogens with zero attached hydrogens (tertiary/aromatic N) is 5. The number of hydrogen-bond donors (Lipinski definition) is 0. The Morgan fingerprint density at radius 1 is 0.968 bits per heavy atom. The summed E-state index contributed by atoms with van der Waals surface area (Å²) in [7, 11) is -3.57. The molecule has 3 heterocycles. The van der Waals surface area contributed by atoms with E-state index in [1.807, 2.05) is 50.2 Å². The van der Waals surface area contributed by atoms with Crippen LogP contribution in [0, 0.1) is 19.8 Å². The molecule has 5 rings (SSSR count). The van der Waals surface area contributed by atoms with Crippen LogP contribution in [0.2, 0.25) is 0 Å². The Kier molecular flexibility index (Phi) is 4.79. The van der Waals surface area contributed by atoms with Crippen LogP contribution in [0.25, 0.3) is 27.8 Å². The number of aryl methyl sites for hydroxylation is 2. The Balaban J connectivity index is 1.64. The normalized spacial score (nSPS) is 16.4. The number of aromatic nitrogens is 4. The maximum Gasteiger partial charge on any atom is 0.243 e. The van der Waals surface area contributed by atoms with Crippen LogP contribution in [0.5, 0.6) is 0 Å². The van der Waals surface area contributed by atoms with Gasteiger partial charge in [-0.3, -0.25) is 0 Å². The van der Waals surface area contributed by atoms with Crippen LogP contribution < -0.4 is 0 Å². The van der Waals surface area contributed by atoms with Gasteiger partial charge in [0, 0.05) is 29.4 Å². The summed E-state index contributed by atoms with van der Waals surface area (Å²) in [5.41, 5.74) is 2.94. The first kappa shape index (κ1) is 20.1. The van der Waals surface area contributed by atoms with E-state index in [1.165, 1.54) is 0 Å². The Hall–Kier alpha value is -2.84. The van der Waals surface area contributed by atoms with Gasteiger partial charge in [-0.25, -0.2) is 8.42 Å². The fourth-order valence-electron chi connectivity index (χ4n) is 4.30. The zero-order valence-corrected chi connectivity index (χ0v) is 18.7. The summed E-state index contributed by atoms with van der Waals surface area (Å²) in [6.45, 7) is 7.08. The first-order valence-electron chi connectivity index (χ1n) is 10.6. The van der Waals surface area contributed by atoms with Crippen molar-refractivity contribution in [1.29, 1.82) is 0 Å². The van der Waals surface area contributed by atoms with Crippen molar-refractivity contribution in [3.05, 3.63) is 53.7 Å². The summed E-state index contributed by atoms with van der Waals surface area (Å²) in [4.78, 5) is 0.328. The zero-order valence-electron chi connectivity index (χ0n) is 17.9. The number of hydrogen-bond acceptors (Lipinski definition) is 5. The third-order valence-corrected chi connectivity index (χ3v) is 8.30. The third kappa shape index (κ3) is 3.30. The van der Waals surface area contributed by atoms with Gasteiger partial charge in [-0.1, -0.05) is 43.3 Å². The molecular weight excluding hydrogens is 410 g/mol. The van der Waals surface area contributed by atoms with E-state index in [4.69, 9.17) is 0 Å². The topological polar surface area (TPSA) is 80.5 Å². The second-order valence-corrected chi connectivity index (χ2v) is 10.4. The third-order valence-electron chi connectivity index (χ3n) is 6.26. The van der Waals surface area contributed by atoms with E-state index in [0.717, 1.165) is 34.9 Å². The molecule has 0 spiro atoms. The number of piperidine rings is 1. The minimum Gasteiger partial charge on any atom is -0.207 e. The fourth-order valence-corrected chi connectivity index (χ4v) is 6.02. The Labute approximate surface area is 181 Å². The number of benzene rings is 2. The molecule has 0 atom stereocenters. The summed E-state index contributed by atoms with van der Waals surface area (Å²) in [6.07, 6.45) is 1.78. The van der Waals surface area contributed by atoms with E-state index in [-0.39, 0.29) is 0 Å². The van der Waals surface area contributed by atoms with Crippen molar-refractivity contribution in [3.63, 3.8) is 0 Å². The largest absolute Gasteiger partial charge is 0.243 e. The molecule has 1 aliphatic heterocycles. The lowest BCUT2D eigenvalue weighted by molar-refractivity contribution is 0.288. The van der Waals surface area contributed by atoms with E-state index < -0.39 is 10.0 Å². The molecule has 31 heavy (non-hydrogen) atoms. The van der Waals surface area contributed by atoms with Crippen molar-refractivity contribution in [2.45, 2.75) is 38.5 Å². The molecule has 4 aromatic rings. The van der Waals surface area contributed by atoms with Gasteiger partial charge < -0.3 is 0 Å². The fraction of sp³-hybridized carbons (Fsp3) is 0.348. The average Bonchev–Trinajstić information content (AvgIpc) is 3.18. The molecule has 1 saturated heterocycles. The van der Waals surface area contributed by atoms with Crippen molar-refractivity contribution in [2.75, 3.05) is 13.1 Å². The van der Waals surface area contributed by atoms with Crippen LogP contribution in [-0.2, 0) is 10.0 Å². The predicted octanol–water partition coefficient (Wildman–Crippen LogP) is 3.98. The molecule has 1 fully saturated rings. The highest BCUT2D eigenvalue weighted by Crippen LogP contribution is 2.30. The zero-order chi connectivity index (χ0) is 21.8. The molecule has 0 unspecified atom stereocenters. The highest BCUT2D eigenvalue weighted by Gasteiger charge is 2.30. The molecule has 0 amide bonds. The Morgan fingerprint density at radius 2 is 1.68 bits per heavy atom. The lowest BCUT2D eigenvalue weighted by Crippen LogP contribution is -2.38. The molecular formula is C23H25N5O2S. The average molecular weight is 436 g/mol. The van der Waals surface area contributed by atoms with Crippen LogP contribution in [0.15, 0.2) is 47.4 Å². The van der Waals surface area contributed by atoms with Crippen LogP contribution in [-0.4, -0.2) is 45.6 Å². The summed E-state index contributed by atoms with van der Waals surface area (Å²) >= 11 is 0. The van der Waals surface area contributed by atoms with Crippen LogP contribution in [0.3, 0.4) is 0 Å². The van der Waals surface area contributed by atoms with Gasteiger partial charge in [0.2, 0.25) is 10.0 Å². The molecule has 2 aromatic heterocycles. The first-order chi connectivity index (χ1) is 14.9. The highest BCUT2D eigenvalue weighted by atomic mass is 32.2. The summed E-state index contributed by atoms with van der Waals surface area (Å²) in [5, 5.41) is 15.4. The van der Waals surface area contributed by atoms with Crippen molar-refractivity contribution in [3.8, 4) is 11.4 Å². The Morgan fingerprint density at radius 3 is 2.42 bits per heavy atom. The van der Waals surface area contributed by atoms with Crippen LogP contribution in [0.1, 0.15) is 31.0 Å². The Bertz CT molecular complexity index is 1400. The standard InChI is InChI=1S/C23H25N5O2S/c1-15-10-12-27(13-11-15)31(29,30)21-14-18(9-8-16(21)2)22-24-25-23-20-7-5-4-6-19(20)17(3)26-28(22)23/h4-9,14-15H,10-13H2,1-3H3. The van der Waals surface area contributed by atoms with Crippen molar-refractivity contribution < 1.29 is 8.42 Å². The second kappa shape index (κ2) is 7.39. The van der Waals surface area contributed by atoms with Gasteiger partial charge in [-0.15, -0.1) is 10.2 Å². The molecule has 0 saturated carbocycles. The maximum absolute atomic E-state index is 13.4. The first-order valence-corrected chi connectivity index (χ1v) is 12.0. The quantitative estimate of drug-likeness (QED) is 0.486. The van der Waals surface area contributed by atoms with Gasteiger partial charge in [0.05, 0.1) is 10.6 Å². The summed E-state index contributed by atoms with van der Waals surface area (Å²) in [5.74, 6) is 1.10. The molecule has 160 valence electrons. The highest BCUT2D eigenvalue weighted by molar-refractivity contribution is 7.89. The second-order valence-electron chi connectivity index (χ2n) is 8.46. The van der Waals surface area contributed by atoms with Crippen molar-refractivity contribution in [2.24, 2.45) is 5.92 Å². The van der Waals surface area contributed by atoms with Crippen LogP contribution >= 0.6 is 0 Å². The van der Waals surface area contributed by atoms with Gasteiger partial charge >= 0.3 is 0 Å². The van der Waals surface area contributed by atoms with Crippen molar-refractivity contribution >= 4 is 26.4 Å². The lowest BCUT2D eigenvalue weighted by atomic mass is 10.0. The summed E-state index contributed by atoms with van der Waals surface area (Å²) < 4.78 is 30.1. The van der Waals surface area contributed by atoms with Gasteiger partial charge in [-0.05, 0) is 44.2 Å². The van der Waals surface area contributed by atoms with E-state index in [1.54, 1.807) is 14.9 Å². The predicted molar refractivity (Wildman–Crippen MR) is 120 cm³/mol. The molecule has 2 aromatic carbocycles. The SMILES string of the molecule is Cc1ccc(-c2nnc3c4ccccc4c(C)nn23)cc1S(=O)(=O)N1CCC(C)CC1. The number of rotatable bonds is 3. The van der Waals surface area contributed by atoms with Crippen molar-refractivity contribution in [1.82, 2.24) is 24.1 Å². The van der Waals surface area contributed by atoms with Gasteiger partial charge in [0.15, 0.2) is 11.5 Å². The molecule has 0 bridgehead atoms. The van der Waals surface area contributed by atoms with Gasteiger partial charge in [0.1, 0.15) is 0 Å². The minimum absolute atomic E-state index is 0.328. The van der Waals surface area contributed by atoms with E-state index in [2.05, 4.69) is 22.2 Å². The molecule has 0 radical (unpaired) electrons. The molecule has 0 N–H and O–H groups in total. The van der Waals surface area contributed by atoms with E-state index in [0.29, 0.717) is 40.9 Å². The molecule has 8 heteroatoms. The van der Waals surface area contributed by atoms with Gasteiger partial charge in [0.25, 0.3) is 0 Å². The van der Waals surface area contributed by atoms with E-state index >= 15 is 0 Å². The molecule has 1 aliphatic rings. The minimum atomic E-state index is -3.57. The monoisotopic (exact) mass is 435 g/mol. The van der Waals surface area contributed by atoms with Gasteiger partial charge in [-0.2, -0.15) is 13.9 Å².